The molecule has 0 aromatic carbocycles. The molecular formula is C13H16O4. The monoisotopic (exact) mass is 236 g/mol. The molecule has 0 atom stereocenters. The fourth-order valence-corrected chi connectivity index (χ4v) is 1.34. The molecule has 0 spiro atoms. The van der Waals surface area contributed by atoms with E-state index in [-0.39, 0.29) is 12.8 Å². The van der Waals surface area contributed by atoms with Crippen molar-refractivity contribution in [2.45, 2.75) is 26.2 Å². The lowest BCUT2D eigenvalue weighted by Gasteiger charge is -2.23. The third kappa shape index (κ3) is 3.53. The molecule has 0 fully saturated rings. The van der Waals surface area contributed by atoms with Crippen molar-refractivity contribution in [2.75, 3.05) is 14.2 Å². The second kappa shape index (κ2) is 7.35. The van der Waals surface area contributed by atoms with Crippen LogP contribution in [0.2, 0.25) is 0 Å². The van der Waals surface area contributed by atoms with Crippen LogP contribution in [0.25, 0.3) is 0 Å². The molecular weight excluding hydrogens is 220 g/mol. The van der Waals surface area contributed by atoms with Crippen LogP contribution < -0.4 is 0 Å². The molecule has 4 heteroatoms. The highest BCUT2D eigenvalue weighted by Crippen LogP contribution is 2.29. The van der Waals surface area contributed by atoms with Crippen LogP contribution in [0.3, 0.4) is 0 Å². The Bertz CT molecular complexity index is 362. The minimum absolute atomic E-state index is 0.00435. The second-order valence-electron chi connectivity index (χ2n) is 3.33. The van der Waals surface area contributed by atoms with Crippen molar-refractivity contribution < 1.29 is 19.1 Å². The van der Waals surface area contributed by atoms with E-state index >= 15 is 0 Å². The van der Waals surface area contributed by atoms with E-state index in [1.165, 1.54) is 14.2 Å². The molecule has 0 aromatic heterocycles. The molecule has 0 radical (unpaired) electrons. The molecule has 0 aromatic rings. The molecule has 0 aliphatic carbocycles. The lowest BCUT2D eigenvalue weighted by molar-refractivity contribution is -0.168. The fourth-order valence-electron chi connectivity index (χ4n) is 1.34. The SMILES string of the molecule is C#CCC(CC#CCC)(C(=O)OC)C(=O)OC. The summed E-state index contributed by atoms with van der Waals surface area (Å²) in [6, 6.07) is 0. The van der Waals surface area contributed by atoms with Crippen molar-refractivity contribution in [1.82, 2.24) is 0 Å². The standard InChI is InChI=1S/C13H16O4/c1-5-7-8-10-13(9-6-2,11(14)16-3)12(15)17-4/h2H,5,9-10H2,1,3-4H3. The normalized spacial score (nSPS) is 9.53. The van der Waals surface area contributed by atoms with E-state index in [4.69, 9.17) is 6.42 Å². The maximum Gasteiger partial charge on any atom is 0.325 e. The van der Waals surface area contributed by atoms with Gasteiger partial charge in [0.2, 0.25) is 0 Å². The van der Waals surface area contributed by atoms with E-state index in [9.17, 15) is 9.59 Å². The minimum atomic E-state index is -1.51. The predicted octanol–water partition coefficient (Wildman–Crippen LogP) is 1.15. The van der Waals surface area contributed by atoms with Crippen molar-refractivity contribution >= 4 is 11.9 Å². The quantitative estimate of drug-likeness (QED) is 0.417. The summed E-state index contributed by atoms with van der Waals surface area (Å²) in [7, 11) is 2.40. The van der Waals surface area contributed by atoms with Crippen LogP contribution in [-0.4, -0.2) is 26.2 Å². The molecule has 17 heavy (non-hydrogen) atoms. The van der Waals surface area contributed by atoms with Crippen molar-refractivity contribution in [3.63, 3.8) is 0 Å². The van der Waals surface area contributed by atoms with Crippen molar-refractivity contribution in [3.05, 3.63) is 0 Å². The van der Waals surface area contributed by atoms with E-state index in [0.29, 0.717) is 6.42 Å². The number of terminal acetylenes is 1. The van der Waals surface area contributed by atoms with Gasteiger partial charge in [0.25, 0.3) is 0 Å². The zero-order valence-electron chi connectivity index (χ0n) is 10.3. The first-order chi connectivity index (χ1) is 8.08. The van der Waals surface area contributed by atoms with Crippen LogP contribution in [0.1, 0.15) is 26.2 Å². The largest absolute Gasteiger partial charge is 0.468 e. The molecule has 0 rings (SSSR count). The maximum absolute atomic E-state index is 11.7. The number of hydrogen-bond donors (Lipinski definition) is 0. The average molecular weight is 236 g/mol. The van der Waals surface area contributed by atoms with Gasteiger partial charge in [0, 0.05) is 19.3 Å². The molecule has 0 N–H and O–H groups in total. The maximum atomic E-state index is 11.7. The van der Waals surface area contributed by atoms with Gasteiger partial charge in [-0.05, 0) is 0 Å². The van der Waals surface area contributed by atoms with Crippen LogP contribution in [0.4, 0.5) is 0 Å². The lowest BCUT2D eigenvalue weighted by atomic mass is 9.81. The van der Waals surface area contributed by atoms with Crippen LogP contribution in [0, 0.1) is 29.6 Å². The van der Waals surface area contributed by atoms with Crippen LogP contribution in [0.15, 0.2) is 0 Å². The topological polar surface area (TPSA) is 52.6 Å². The summed E-state index contributed by atoms with van der Waals surface area (Å²) < 4.78 is 9.24. The Balaban J connectivity index is 5.32. The highest BCUT2D eigenvalue weighted by atomic mass is 16.5. The number of methoxy groups -OCH3 is 2. The number of carbonyl (C=O) groups is 2. The Labute approximate surface area is 102 Å². The second-order valence-corrected chi connectivity index (χ2v) is 3.33. The Hall–Kier alpha value is -1.94. The first kappa shape index (κ1) is 15.1. The molecule has 0 bridgehead atoms. The van der Waals surface area contributed by atoms with Gasteiger partial charge in [-0.25, -0.2) is 0 Å². The van der Waals surface area contributed by atoms with Crippen molar-refractivity contribution in [3.8, 4) is 24.2 Å². The van der Waals surface area contributed by atoms with Gasteiger partial charge < -0.3 is 9.47 Å². The molecule has 0 amide bonds. The molecule has 92 valence electrons. The number of ether oxygens (including phenoxy) is 2. The third-order valence-corrected chi connectivity index (χ3v) is 2.25. The molecule has 0 saturated carbocycles. The number of rotatable bonds is 4. The van der Waals surface area contributed by atoms with Crippen molar-refractivity contribution in [1.29, 1.82) is 0 Å². The van der Waals surface area contributed by atoms with E-state index in [1.807, 2.05) is 6.92 Å². The Kier molecular flexibility index (Phi) is 6.51. The Morgan fingerprint density at radius 1 is 1.12 bits per heavy atom. The van der Waals surface area contributed by atoms with E-state index in [2.05, 4.69) is 27.2 Å². The van der Waals surface area contributed by atoms with Gasteiger partial charge in [0.15, 0.2) is 5.41 Å². The van der Waals surface area contributed by atoms with Crippen LogP contribution in [0.5, 0.6) is 0 Å². The zero-order chi connectivity index (χ0) is 13.3. The van der Waals surface area contributed by atoms with Crippen molar-refractivity contribution in [2.24, 2.45) is 5.41 Å². The number of esters is 2. The minimum Gasteiger partial charge on any atom is -0.468 e. The van der Waals surface area contributed by atoms with Gasteiger partial charge in [-0.15, -0.1) is 24.2 Å². The summed E-state index contributed by atoms with van der Waals surface area (Å²) in [5, 5.41) is 0. The highest BCUT2D eigenvalue weighted by Gasteiger charge is 2.47. The van der Waals surface area contributed by atoms with Gasteiger partial charge in [0.1, 0.15) is 0 Å². The molecule has 0 aliphatic heterocycles. The summed E-state index contributed by atoms with van der Waals surface area (Å²) in [5.74, 6) is 6.40. The summed E-state index contributed by atoms with van der Waals surface area (Å²) in [6.07, 6.45) is 5.74. The predicted molar refractivity (Wildman–Crippen MR) is 62.6 cm³/mol. The van der Waals surface area contributed by atoms with Gasteiger partial charge >= 0.3 is 11.9 Å². The Morgan fingerprint density at radius 2 is 1.65 bits per heavy atom. The third-order valence-electron chi connectivity index (χ3n) is 2.25. The smallest absolute Gasteiger partial charge is 0.325 e. The summed E-state index contributed by atoms with van der Waals surface area (Å²) in [4.78, 5) is 23.5. The fraction of sp³-hybridized carbons (Fsp3) is 0.538. The van der Waals surface area contributed by atoms with E-state index in [1.54, 1.807) is 0 Å². The summed E-state index contributed by atoms with van der Waals surface area (Å²) in [5.41, 5.74) is -1.51. The first-order valence-electron chi connectivity index (χ1n) is 5.15. The molecule has 0 saturated heterocycles. The number of hydrogen-bond acceptors (Lipinski definition) is 4. The molecule has 0 aliphatic rings. The summed E-state index contributed by atoms with van der Waals surface area (Å²) >= 11 is 0. The van der Waals surface area contributed by atoms with Gasteiger partial charge in [-0.3, -0.25) is 9.59 Å². The Morgan fingerprint density at radius 3 is 2.00 bits per heavy atom. The lowest BCUT2D eigenvalue weighted by Crippen LogP contribution is -2.40. The molecule has 4 nitrogen and oxygen atoms in total. The highest BCUT2D eigenvalue weighted by molar-refractivity contribution is 6.00. The first-order valence-corrected chi connectivity index (χ1v) is 5.15. The summed E-state index contributed by atoms with van der Waals surface area (Å²) in [6.45, 7) is 1.87. The molecule has 0 heterocycles. The average Bonchev–Trinajstić information content (AvgIpc) is 2.35. The van der Waals surface area contributed by atoms with Crippen LogP contribution in [-0.2, 0) is 19.1 Å². The van der Waals surface area contributed by atoms with Gasteiger partial charge in [-0.1, -0.05) is 6.92 Å². The van der Waals surface area contributed by atoms with E-state index < -0.39 is 17.4 Å². The molecule has 0 unspecified atom stereocenters. The van der Waals surface area contributed by atoms with E-state index in [0.717, 1.165) is 0 Å². The zero-order valence-corrected chi connectivity index (χ0v) is 10.3. The van der Waals surface area contributed by atoms with Gasteiger partial charge in [0.05, 0.1) is 14.2 Å². The van der Waals surface area contributed by atoms with Gasteiger partial charge in [-0.2, -0.15) is 0 Å². The number of carbonyl (C=O) groups excluding carboxylic acids is 2. The van der Waals surface area contributed by atoms with Crippen LogP contribution >= 0.6 is 0 Å².